The van der Waals surface area contributed by atoms with Crippen molar-refractivity contribution in [2.45, 2.75) is 11.8 Å². The maximum atomic E-state index is 4.56. The molecule has 0 saturated heterocycles. The summed E-state index contributed by atoms with van der Waals surface area (Å²) in [4.78, 5) is 4.00. The summed E-state index contributed by atoms with van der Waals surface area (Å²) in [7, 11) is 0. The summed E-state index contributed by atoms with van der Waals surface area (Å²) in [6, 6.07) is 10.3. The minimum atomic E-state index is 0. The molecule has 0 radical (unpaired) electrons. The Morgan fingerprint density at radius 1 is 1.27 bits per heavy atom. The first-order chi connectivity index (χ1) is 6.86. The number of imidazole rings is 1. The van der Waals surface area contributed by atoms with Crippen molar-refractivity contribution in [1.29, 1.82) is 0 Å². The van der Waals surface area contributed by atoms with Crippen molar-refractivity contribution in [3.63, 3.8) is 0 Å². The zero-order valence-corrected chi connectivity index (χ0v) is 9.86. The van der Waals surface area contributed by atoms with Crippen LogP contribution in [0, 0.1) is 0 Å². The number of thiol groups is 1. The third kappa shape index (κ3) is 3.29. The molecule has 0 saturated carbocycles. The van der Waals surface area contributed by atoms with Gasteiger partial charge in [0.15, 0.2) is 0 Å². The van der Waals surface area contributed by atoms with E-state index in [2.05, 4.69) is 29.7 Å². The van der Waals surface area contributed by atoms with Crippen LogP contribution >= 0.6 is 25.0 Å². The molecule has 0 aliphatic carbocycles. The van der Waals surface area contributed by atoms with E-state index in [-0.39, 0.29) is 17.7 Å². The van der Waals surface area contributed by atoms with Gasteiger partial charge in [0, 0.05) is 24.2 Å². The van der Waals surface area contributed by atoms with Crippen LogP contribution in [0.2, 0.25) is 0 Å². The molecule has 1 atom stereocenters. The highest BCUT2D eigenvalue weighted by Gasteiger charge is 2.05. The quantitative estimate of drug-likeness (QED) is 0.817. The van der Waals surface area contributed by atoms with Gasteiger partial charge in [0.05, 0.1) is 6.33 Å². The highest BCUT2D eigenvalue weighted by Crippen LogP contribution is 2.20. The predicted octanol–water partition coefficient (Wildman–Crippen LogP) is 2.98. The van der Waals surface area contributed by atoms with Gasteiger partial charge in [0.25, 0.3) is 0 Å². The maximum absolute atomic E-state index is 4.56. The van der Waals surface area contributed by atoms with Crippen molar-refractivity contribution < 1.29 is 0 Å². The van der Waals surface area contributed by atoms with E-state index >= 15 is 0 Å². The maximum Gasteiger partial charge on any atom is 0.0946 e. The highest BCUT2D eigenvalue weighted by molar-refractivity contribution is 7.80. The van der Waals surface area contributed by atoms with E-state index in [1.807, 2.05) is 35.3 Å². The van der Waals surface area contributed by atoms with Crippen LogP contribution in [0.5, 0.6) is 0 Å². The van der Waals surface area contributed by atoms with Gasteiger partial charge in [0.1, 0.15) is 0 Å². The van der Waals surface area contributed by atoms with E-state index in [0.29, 0.717) is 0 Å². The zero-order valence-electron chi connectivity index (χ0n) is 8.15. The largest absolute Gasteiger partial charge is 0.336 e. The van der Waals surface area contributed by atoms with Gasteiger partial charge in [-0.1, -0.05) is 30.3 Å². The first-order valence-corrected chi connectivity index (χ1v) is 5.06. The molecule has 0 aliphatic heterocycles. The smallest absolute Gasteiger partial charge is 0.0946 e. The van der Waals surface area contributed by atoms with Gasteiger partial charge in [0.2, 0.25) is 0 Å². The van der Waals surface area contributed by atoms with Gasteiger partial charge in [-0.15, -0.1) is 12.4 Å². The van der Waals surface area contributed by atoms with Crippen LogP contribution in [-0.4, -0.2) is 9.55 Å². The Labute approximate surface area is 101 Å². The molecule has 15 heavy (non-hydrogen) atoms. The summed E-state index contributed by atoms with van der Waals surface area (Å²) in [5, 5.41) is 0.227. The Balaban J connectivity index is 0.00000112. The molecule has 0 amide bonds. The fourth-order valence-electron chi connectivity index (χ4n) is 1.38. The van der Waals surface area contributed by atoms with Crippen LogP contribution in [0.1, 0.15) is 10.8 Å². The molecule has 80 valence electrons. The fourth-order valence-corrected chi connectivity index (χ4v) is 1.74. The lowest BCUT2D eigenvalue weighted by Crippen LogP contribution is -2.01. The van der Waals surface area contributed by atoms with Crippen LogP contribution in [-0.2, 0) is 6.54 Å². The number of nitrogens with zero attached hydrogens (tertiary/aromatic N) is 2. The van der Waals surface area contributed by atoms with Gasteiger partial charge >= 0.3 is 0 Å². The van der Waals surface area contributed by atoms with E-state index < -0.39 is 0 Å². The number of aromatic nitrogens is 2. The lowest BCUT2D eigenvalue weighted by atomic mass is 10.1. The van der Waals surface area contributed by atoms with Crippen molar-refractivity contribution in [3.05, 3.63) is 54.6 Å². The molecule has 1 aromatic heterocycles. The average molecular weight is 241 g/mol. The Morgan fingerprint density at radius 2 is 2.00 bits per heavy atom. The van der Waals surface area contributed by atoms with E-state index in [4.69, 9.17) is 0 Å². The number of rotatable bonds is 3. The van der Waals surface area contributed by atoms with Crippen LogP contribution in [0.25, 0.3) is 0 Å². The van der Waals surface area contributed by atoms with Crippen LogP contribution in [0.15, 0.2) is 49.1 Å². The van der Waals surface area contributed by atoms with Crippen LogP contribution < -0.4 is 0 Å². The van der Waals surface area contributed by atoms with Crippen molar-refractivity contribution in [2.75, 3.05) is 0 Å². The molecule has 0 aliphatic rings. The molecule has 0 spiro atoms. The van der Waals surface area contributed by atoms with Gasteiger partial charge in [-0.25, -0.2) is 4.98 Å². The van der Waals surface area contributed by atoms with E-state index in [0.717, 1.165) is 6.54 Å². The lowest BCUT2D eigenvalue weighted by molar-refractivity contribution is 0.686. The SMILES string of the molecule is Cl.SC(Cn1ccnc1)c1ccccc1. The predicted molar refractivity (Wildman–Crippen MR) is 67.6 cm³/mol. The molecular formula is C11H13ClN2S. The molecule has 1 aromatic carbocycles. The molecule has 4 heteroatoms. The van der Waals surface area contributed by atoms with Crippen molar-refractivity contribution in [1.82, 2.24) is 9.55 Å². The Kier molecular flexibility index (Phi) is 4.72. The summed E-state index contributed by atoms with van der Waals surface area (Å²) in [5.41, 5.74) is 1.24. The normalized spacial score (nSPS) is 11.8. The van der Waals surface area contributed by atoms with Crippen molar-refractivity contribution in [3.8, 4) is 0 Å². The number of benzene rings is 1. The second kappa shape index (κ2) is 5.83. The Bertz CT molecular complexity index is 375. The topological polar surface area (TPSA) is 17.8 Å². The van der Waals surface area contributed by atoms with Gasteiger partial charge < -0.3 is 4.57 Å². The van der Waals surface area contributed by atoms with E-state index in [1.165, 1.54) is 5.56 Å². The lowest BCUT2D eigenvalue weighted by Gasteiger charge is -2.11. The average Bonchev–Trinajstić information content (AvgIpc) is 2.72. The molecule has 2 aromatic rings. The van der Waals surface area contributed by atoms with Crippen LogP contribution in [0.3, 0.4) is 0 Å². The Morgan fingerprint density at radius 3 is 2.60 bits per heavy atom. The molecule has 1 unspecified atom stereocenters. The standard InChI is InChI=1S/C11H12N2S.ClH/c14-11(8-13-7-6-12-9-13)10-4-2-1-3-5-10;/h1-7,9,11,14H,8H2;1H. The van der Waals surface area contributed by atoms with Gasteiger partial charge in [-0.3, -0.25) is 0 Å². The van der Waals surface area contributed by atoms with Gasteiger partial charge in [-0.05, 0) is 5.56 Å². The molecule has 2 nitrogen and oxygen atoms in total. The fraction of sp³-hybridized carbons (Fsp3) is 0.182. The molecule has 1 heterocycles. The highest BCUT2D eigenvalue weighted by atomic mass is 35.5. The minimum absolute atomic E-state index is 0. The molecular weight excluding hydrogens is 228 g/mol. The summed E-state index contributed by atoms with van der Waals surface area (Å²) >= 11 is 4.56. The molecule has 0 N–H and O–H groups in total. The van der Waals surface area contributed by atoms with E-state index in [9.17, 15) is 0 Å². The number of halogens is 1. The second-order valence-corrected chi connectivity index (χ2v) is 3.81. The Hall–Kier alpha value is -0.930. The summed E-state index contributed by atoms with van der Waals surface area (Å²) in [6.45, 7) is 0.854. The second-order valence-electron chi connectivity index (χ2n) is 3.19. The summed E-state index contributed by atoms with van der Waals surface area (Å²) in [6.07, 6.45) is 5.55. The van der Waals surface area contributed by atoms with E-state index in [1.54, 1.807) is 6.20 Å². The number of hydrogen-bond acceptors (Lipinski definition) is 2. The van der Waals surface area contributed by atoms with Crippen molar-refractivity contribution in [2.24, 2.45) is 0 Å². The monoisotopic (exact) mass is 240 g/mol. The first-order valence-electron chi connectivity index (χ1n) is 4.55. The number of hydrogen-bond donors (Lipinski definition) is 1. The van der Waals surface area contributed by atoms with Gasteiger partial charge in [-0.2, -0.15) is 12.6 Å². The third-order valence-electron chi connectivity index (χ3n) is 2.13. The summed E-state index contributed by atoms with van der Waals surface area (Å²) in [5.74, 6) is 0. The molecule has 2 rings (SSSR count). The molecule has 0 bridgehead atoms. The summed E-state index contributed by atoms with van der Waals surface area (Å²) < 4.78 is 2.03. The molecule has 0 fully saturated rings. The first kappa shape index (κ1) is 12.1. The third-order valence-corrected chi connectivity index (χ3v) is 2.59. The van der Waals surface area contributed by atoms with Crippen LogP contribution in [0.4, 0.5) is 0 Å². The van der Waals surface area contributed by atoms with Crippen molar-refractivity contribution >= 4 is 25.0 Å². The zero-order chi connectivity index (χ0) is 9.80. The minimum Gasteiger partial charge on any atom is -0.336 e.